The van der Waals surface area contributed by atoms with E-state index >= 15 is 0 Å². The third kappa shape index (κ3) is 1.11. The molecule has 0 aromatic rings. The van der Waals surface area contributed by atoms with Crippen molar-refractivity contribution in [2.75, 3.05) is 19.6 Å². The van der Waals surface area contributed by atoms with E-state index in [-0.39, 0.29) is 0 Å². The summed E-state index contributed by atoms with van der Waals surface area (Å²) in [5.41, 5.74) is 0. The van der Waals surface area contributed by atoms with E-state index in [1.165, 1.54) is 45.3 Å². The Kier molecular flexibility index (Phi) is 1.46. The molecule has 3 heterocycles. The van der Waals surface area contributed by atoms with Gasteiger partial charge in [0.25, 0.3) is 0 Å². The molecule has 0 unspecified atom stereocenters. The average Bonchev–Trinajstić information content (AvgIpc) is 2.21. The van der Waals surface area contributed by atoms with Crippen molar-refractivity contribution in [3.63, 3.8) is 0 Å². The number of hydrogen-bond donors (Lipinski definition) is 0. The number of nitrogens with zero attached hydrogens (tertiary/aromatic N) is 1. The Morgan fingerprint density at radius 2 is 1.67 bits per heavy atom. The quantitative estimate of drug-likeness (QED) is 0.472. The van der Waals surface area contributed by atoms with E-state index in [1.54, 1.807) is 0 Å². The highest BCUT2D eigenvalue weighted by Crippen LogP contribution is 2.27. The predicted molar refractivity (Wildman–Crippen MR) is 38.2 cm³/mol. The zero-order valence-corrected chi connectivity index (χ0v) is 5.90. The lowest BCUT2D eigenvalue weighted by Gasteiger charge is -2.25. The molecule has 3 aliphatic heterocycles. The van der Waals surface area contributed by atoms with Gasteiger partial charge in [-0.2, -0.15) is 0 Å². The van der Waals surface area contributed by atoms with Crippen LogP contribution >= 0.6 is 0 Å². The first-order valence-electron chi connectivity index (χ1n) is 4.01. The molecular weight excluding hydrogens is 110 g/mol. The fourth-order valence-corrected chi connectivity index (χ4v) is 1.90. The minimum atomic E-state index is 1.36. The van der Waals surface area contributed by atoms with Crippen LogP contribution in [0.25, 0.3) is 0 Å². The van der Waals surface area contributed by atoms with Gasteiger partial charge in [-0.3, -0.25) is 0 Å². The van der Waals surface area contributed by atoms with Gasteiger partial charge < -0.3 is 4.90 Å². The standard InChI is InChI=1S/C8H14N/c1-2-8-3-6-9(5-1)7-4-8/h1-7H2. The fraction of sp³-hybridized carbons (Fsp3) is 0.875. The first kappa shape index (κ1) is 5.72. The van der Waals surface area contributed by atoms with E-state index in [2.05, 4.69) is 4.90 Å². The molecule has 9 heavy (non-hydrogen) atoms. The Labute approximate surface area is 57.0 Å². The van der Waals surface area contributed by atoms with E-state index in [0.717, 1.165) is 0 Å². The fourth-order valence-electron chi connectivity index (χ4n) is 1.90. The highest BCUT2D eigenvalue weighted by molar-refractivity contribution is 4.97. The second-order valence-electron chi connectivity index (χ2n) is 3.20. The molecule has 3 rings (SSSR count). The molecule has 1 nitrogen and oxygen atoms in total. The Morgan fingerprint density at radius 1 is 0.889 bits per heavy atom. The van der Waals surface area contributed by atoms with Gasteiger partial charge in [0.2, 0.25) is 0 Å². The first-order chi connectivity index (χ1) is 4.45. The molecular formula is C8H14N. The summed E-state index contributed by atoms with van der Waals surface area (Å²) in [7, 11) is 0. The molecule has 2 bridgehead atoms. The van der Waals surface area contributed by atoms with Crippen LogP contribution in [-0.4, -0.2) is 24.5 Å². The van der Waals surface area contributed by atoms with Gasteiger partial charge in [-0.15, -0.1) is 0 Å². The highest BCUT2D eigenvalue weighted by atomic mass is 15.1. The summed E-state index contributed by atoms with van der Waals surface area (Å²) in [6.45, 7) is 4.08. The van der Waals surface area contributed by atoms with Crippen LogP contribution in [0.3, 0.4) is 0 Å². The molecule has 0 N–H and O–H groups in total. The van der Waals surface area contributed by atoms with Crippen molar-refractivity contribution in [3.05, 3.63) is 5.92 Å². The maximum absolute atomic E-state index is 2.59. The number of rotatable bonds is 0. The van der Waals surface area contributed by atoms with Gasteiger partial charge in [0, 0.05) is 0 Å². The van der Waals surface area contributed by atoms with Crippen LogP contribution in [0.15, 0.2) is 0 Å². The minimum absolute atomic E-state index is 1.36. The lowest BCUT2D eigenvalue weighted by atomic mass is 9.96. The number of piperidine rings is 1. The van der Waals surface area contributed by atoms with Gasteiger partial charge in [-0.05, 0) is 51.2 Å². The Hall–Kier alpha value is -0.0400. The molecule has 0 atom stereocenters. The topological polar surface area (TPSA) is 3.24 Å². The molecule has 0 amide bonds. The van der Waals surface area contributed by atoms with Crippen molar-refractivity contribution in [2.45, 2.75) is 25.7 Å². The lowest BCUT2D eigenvalue weighted by molar-refractivity contribution is 0.267. The van der Waals surface area contributed by atoms with Crippen LogP contribution in [0.5, 0.6) is 0 Å². The van der Waals surface area contributed by atoms with E-state index in [1.807, 2.05) is 5.92 Å². The molecule has 0 aromatic heterocycles. The average molecular weight is 124 g/mol. The lowest BCUT2D eigenvalue weighted by Crippen LogP contribution is -2.29. The van der Waals surface area contributed by atoms with E-state index in [0.29, 0.717) is 0 Å². The van der Waals surface area contributed by atoms with E-state index in [9.17, 15) is 0 Å². The second-order valence-corrected chi connectivity index (χ2v) is 3.20. The normalized spacial score (nSPS) is 30.7. The van der Waals surface area contributed by atoms with Crippen molar-refractivity contribution < 1.29 is 0 Å². The van der Waals surface area contributed by atoms with Crippen LogP contribution in [0.4, 0.5) is 0 Å². The monoisotopic (exact) mass is 124 g/mol. The SMILES string of the molecule is C1C[C]2CCN(C1)CC2. The van der Waals surface area contributed by atoms with E-state index < -0.39 is 0 Å². The van der Waals surface area contributed by atoms with Gasteiger partial charge >= 0.3 is 0 Å². The van der Waals surface area contributed by atoms with Crippen molar-refractivity contribution in [2.24, 2.45) is 0 Å². The Morgan fingerprint density at radius 3 is 2.44 bits per heavy atom. The molecule has 3 fully saturated rings. The van der Waals surface area contributed by atoms with Gasteiger partial charge in [0.15, 0.2) is 0 Å². The van der Waals surface area contributed by atoms with Crippen LogP contribution in [0.1, 0.15) is 25.7 Å². The third-order valence-corrected chi connectivity index (χ3v) is 2.57. The van der Waals surface area contributed by atoms with Crippen molar-refractivity contribution in [1.82, 2.24) is 4.90 Å². The molecule has 3 aliphatic rings. The molecule has 51 valence electrons. The summed E-state index contributed by atoms with van der Waals surface area (Å²) >= 11 is 0. The maximum Gasteiger partial charge on any atom is -0.00132 e. The van der Waals surface area contributed by atoms with Crippen LogP contribution < -0.4 is 0 Å². The summed E-state index contributed by atoms with van der Waals surface area (Å²) in [6, 6.07) is 0. The molecule has 1 radical (unpaired) electrons. The van der Waals surface area contributed by atoms with Crippen molar-refractivity contribution in [3.8, 4) is 0 Å². The predicted octanol–water partition coefficient (Wildman–Crippen LogP) is 1.45. The molecule has 0 aromatic carbocycles. The molecule has 0 aliphatic carbocycles. The largest absolute Gasteiger partial charge is 0.303 e. The number of fused-ring (bicyclic) bond motifs is 4. The summed E-state index contributed by atoms with van der Waals surface area (Å²) in [5, 5.41) is 0. The molecule has 1 heteroatoms. The Balaban J connectivity index is 2.03. The summed E-state index contributed by atoms with van der Waals surface area (Å²) < 4.78 is 0. The number of hydrogen-bond acceptors (Lipinski definition) is 1. The minimum Gasteiger partial charge on any atom is -0.303 e. The van der Waals surface area contributed by atoms with Gasteiger partial charge in [0.05, 0.1) is 0 Å². The second kappa shape index (κ2) is 2.30. The van der Waals surface area contributed by atoms with Crippen LogP contribution in [-0.2, 0) is 0 Å². The zero-order chi connectivity index (χ0) is 6.10. The van der Waals surface area contributed by atoms with Crippen LogP contribution in [0.2, 0.25) is 0 Å². The maximum atomic E-state index is 2.59. The molecule has 0 saturated carbocycles. The summed E-state index contributed by atoms with van der Waals surface area (Å²) in [6.07, 6.45) is 5.66. The van der Waals surface area contributed by atoms with Crippen LogP contribution in [0, 0.1) is 5.92 Å². The van der Waals surface area contributed by atoms with Gasteiger partial charge in [-0.25, -0.2) is 0 Å². The Bertz CT molecular complexity index is 75.2. The van der Waals surface area contributed by atoms with E-state index in [4.69, 9.17) is 0 Å². The van der Waals surface area contributed by atoms with Gasteiger partial charge in [-0.1, -0.05) is 0 Å². The first-order valence-corrected chi connectivity index (χ1v) is 4.01. The molecule has 3 saturated heterocycles. The highest BCUT2D eigenvalue weighted by Gasteiger charge is 2.22. The molecule has 0 spiro atoms. The summed E-state index contributed by atoms with van der Waals surface area (Å²) in [5.74, 6) is 1.84. The third-order valence-electron chi connectivity index (χ3n) is 2.57. The summed E-state index contributed by atoms with van der Waals surface area (Å²) in [4.78, 5) is 2.59. The smallest absolute Gasteiger partial charge is 0.00132 e. The zero-order valence-electron chi connectivity index (χ0n) is 5.90. The van der Waals surface area contributed by atoms with Crippen molar-refractivity contribution >= 4 is 0 Å². The van der Waals surface area contributed by atoms with Gasteiger partial charge in [0.1, 0.15) is 0 Å². The van der Waals surface area contributed by atoms with Crippen molar-refractivity contribution in [1.29, 1.82) is 0 Å².